The van der Waals surface area contributed by atoms with Crippen molar-refractivity contribution in [3.05, 3.63) is 62.8 Å². The molecule has 1 saturated heterocycles. The molecule has 2 fully saturated rings. The lowest BCUT2D eigenvalue weighted by molar-refractivity contribution is -0.133. The molecule has 5 rings (SSSR count). The zero-order valence-corrected chi connectivity index (χ0v) is 17.9. The first kappa shape index (κ1) is 20.0. The molecule has 2 aliphatic heterocycles. The number of benzene rings is 1. The van der Waals surface area contributed by atoms with Crippen LogP contribution in [-0.2, 0) is 17.8 Å². The van der Waals surface area contributed by atoms with Crippen molar-refractivity contribution >= 4 is 11.8 Å². The molecule has 7 nitrogen and oxygen atoms in total. The predicted octanol–water partition coefficient (Wildman–Crippen LogP) is 2.74. The Balaban J connectivity index is 1.41. The summed E-state index contributed by atoms with van der Waals surface area (Å²) < 4.78 is 0. The number of aromatic nitrogens is 2. The fourth-order valence-corrected chi connectivity index (χ4v) is 4.70. The molecule has 1 atom stereocenters. The molecule has 1 saturated carbocycles. The molecule has 3 heterocycles. The number of H-pyrrole nitrogens is 1. The van der Waals surface area contributed by atoms with Crippen molar-refractivity contribution in [1.29, 1.82) is 0 Å². The second kappa shape index (κ2) is 7.94. The minimum Gasteiger partial charge on any atom is -0.337 e. The largest absolute Gasteiger partial charge is 0.337 e. The highest BCUT2D eigenvalue weighted by atomic mass is 16.2. The van der Waals surface area contributed by atoms with E-state index in [0.717, 1.165) is 43.4 Å². The molecule has 0 unspecified atom stereocenters. The van der Waals surface area contributed by atoms with Crippen molar-refractivity contribution in [3.63, 3.8) is 0 Å². The van der Waals surface area contributed by atoms with Gasteiger partial charge in [0.2, 0.25) is 5.91 Å². The van der Waals surface area contributed by atoms with Crippen LogP contribution in [0.25, 0.3) is 0 Å². The summed E-state index contributed by atoms with van der Waals surface area (Å²) in [5, 5.41) is 0. The van der Waals surface area contributed by atoms with E-state index in [1.54, 1.807) is 4.90 Å². The third-order valence-electron chi connectivity index (χ3n) is 6.70. The SMILES string of the molecule is Cc1ccc(C(=O)N2CCCC[C@H]2c2nc3c(c(=O)[nH]2)CN(C(=O)C2CC2)CC3)cc1. The van der Waals surface area contributed by atoms with Gasteiger partial charge >= 0.3 is 0 Å². The smallest absolute Gasteiger partial charge is 0.256 e. The van der Waals surface area contributed by atoms with Crippen molar-refractivity contribution in [2.45, 2.75) is 58.0 Å². The van der Waals surface area contributed by atoms with Gasteiger partial charge in [-0.15, -0.1) is 0 Å². The van der Waals surface area contributed by atoms with Crippen LogP contribution in [0.2, 0.25) is 0 Å². The van der Waals surface area contributed by atoms with Crippen molar-refractivity contribution in [3.8, 4) is 0 Å². The number of carbonyl (C=O) groups excluding carboxylic acids is 2. The molecule has 2 amide bonds. The molecule has 0 spiro atoms. The summed E-state index contributed by atoms with van der Waals surface area (Å²) in [4.78, 5) is 50.0. The van der Waals surface area contributed by atoms with E-state index in [1.807, 2.05) is 36.1 Å². The molecule has 162 valence electrons. The molecule has 3 aliphatic rings. The molecule has 1 N–H and O–H groups in total. The summed E-state index contributed by atoms with van der Waals surface area (Å²) in [6.07, 6.45) is 5.23. The van der Waals surface area contributed by atoms with Gasteiger partial charge in [-0.05, 0) is 51.2 Å². The zero-order valence-electron chi connectivity index (χ0n) is 17.9. The van der Waals surface area contributed by atoms with E-state index in [1.165, 1.54) is 0 Å². The molecular weight excluding hydrogens is 392 g/mol. The first-order valence-electron chi connectivity index (χ1n) is 11.3. The van der Waals surface area contributed by atoms with Crippen LogP contribution in [0.5, 0.6) is 0 Å². The maximum absolute atomic E-state index is 13.2. The lowest BCUT2D eigenvalue weighted by atomic mass is 9.99. The van der Waals surface area contributed by atoms with Crippen molar-refractivity contribution < 1.29 is 9.59 Å². The maximum Gasteiger partial charge on any atom is 0.256 e. The van der Waals surface area contributed by atoms with E-state index in [9.17, 15) is 14.4 Å². The molecule has 7 heteroatoms. The highest BCUT2D eigenvalue weighted by Crippen LogP contribution is 2.33. The van der Waals surface area contributed by atoms with Gasteiger partial charge in [-0.2, -0.15) is 0 Å². The molecule has 0 radical (unpaired) electrons. The van der Waals surface area contributed by atoms with Crippen LogP contribution in [0.1, 0.15) is 71.1 Å². The van der Waals surface area contributed by atoms with Crippen LogP contribution in [0, 0.1) is 12.8 Å². The Bertz CT molecular complexity index is 1070. The van der Waals surface area contributed by atoms with E-state index in [2.05, 4.69) is 4.98 Å². The summed E-state index contributed by atoms with van der Waals surface area (Å²) in [6.45, 7) is 3.60. The molecule has 1 aliphatic carbocycles. The number of amides is 2. The highest BCUT2D eigenvalue weighted by molar-refractivity contribution is 5.94. The van der Waals surface area contributed by atoms with Gasteiger partial charge < -0.3 is 14.8 Å². The Morgan fingerprint density at radius 3 is 2.58 bits per heavy atom. The van der Waals surface area contributed by atoms with Crippen LogP contribution in [0.3, 0.4) is 0 Å². The van der Waals surface area contributed by atoms with Gasteiger partial charge in [0.05, 0.1) is 23.8 Å². The second-order valence-electron chi connectivity index (χ2n) is 9.04. The average Bonchev–Trinajstić information content (AvgIpc) is 3.64. The third kappa shape index (κ3) is 3.89. The van der Waals surface area contributed by atoms with E-state index in [-0.39, 0.29) is 29.3 Å². The summed E-state index contributed by atoms with van der Waals surface area (Å²) in [5.41, 5.74) is 2.96. The number of nitrogens with zero attached hydrogens (tertiary/aromatic N) is 3. The predicted molar refractivity (Wildman–Crippen MR) is 116 cm³/mol. The number of rotatable bonds is 3. The number of aromatic amines is 1. The molecular formula is C24H28N4O3. The van der Waals surface area contributed by atoms with Crippen LogP contribution >= 0.6 is 0 Å². The summed E-state index contributed by atoms with van der Waals surface area (Å²) >= 11 is 0. The van der Waals surface area contributed by atoms with E-state index < -0.39 is 0 Å². The Morgan fingerprint density at radius 1 is 1.06 bits per heavy atom. The monoisotopic (exact) mass is 420 g/mol. The Morgan fingerprint density at radius 2 is 1.84 bits per heavy atom. The Labute approximate surface area is 181 Å². The summed E-state index contributed by atoms with van der Waals surface area (Å²) in [7, 11) is 0. The highest BCUT2D eigenvalue weighted by Gasteiger charge is 2.36. The van der Waals surface area contributed by atoms with Crippen molar-refractivity contribution in [2.24, 2.45) is 5.92 Å². The number of hydrogen-bond donors (Lipinski definition) is 1. The third-order valence-corrected chi connectivity index (χ3v) is 6.70. The van der Waals surface area contributed by atoms with Gasteiger partial charge in [-0.3, -0.25) is 14.4 Å². The fourth-order valence-electron chi connectivity index (χ4n) is 4.70. The summed E-state index contributed by atoms with van der Waals surface area (Å²) in [6, 6.07) is 7.38. The van der Waals surface area contributed by atoms with Gasteiger partial charge in [0.1, 0.15) is 5.82 Å². The number of hydrogen-bond acceptors (Lipinski definition) is 4. The lowest BCUT2D eigenvalue weighted by Crippen LogP contribution is -2.43. The molecule has 1 aromatic heterocycles. The van der Waals surface area contributed by atoms with Gasteiger partial charge in [-0.1, -0.05) is 17.7 Å². The van der Waals surface area contributed by atoms with Crippen LogP contribution in [0.4, 0.5) is 0 Å². The first-order valence-corrected chi connectivity index (χ1v) is 11.3. The number of nitrogens with one attached hydrogen (secondary N) is 1. The standard InChI is InChI=1S/C24H28N4O3/c1-15-5-7-17(8-6-15)24(31)28-12-3-2-4-20(28)21-25-19-11-13-27(23(30)16-9-10-16)14-18(19)22(29)26-21/h5-8,16,20H,2-4,9-14H2,1H3,(H,25,26,29)/t20-/m0/s1. The Hall–Kier alpha value is -2.96. The molecule has 1 aromatic carbocycles. The van der Waals surface area contributed by atoms with Crippen molar-refractivity contribution in [2.75, 3.05) is 13.1 Å². The minimum atomic E-state index is -0.230. The topological polar surface area (TPSA) is 86.4 Å². The molecule has 31 heavy (non-hydrogen) atoms. The second-order valence-corrected chi connectivity index (χ2v) is 9.04. The van der Waals surface area contributed by atoms with E-state index in [4.69, 9.17) is 4.98 Å². The maximum atomic E-state index is 13.2. The summed E-state index contributed by atoms with van der Waals surface area (Å²) in [5.74, 6) is 0.866. The fraction of sp³-hybridized carbons (Fsp3) is 0.500. The van der Waals surface area contributed by atoms with Gasteiger partial charge in [0.15, 0.2) is 0 Å². The number of fused-ring (bicyclic) bond motifs is 1. The lowest BCUT2D eigenvalue weighted by Gasteiger charge is -2.36. The zero-order chi connectivity index (χ0) is 21.5. The average molecular weight is 421 g/mol. The minimum absolute atomic E-state index is 0.0220. The molecule has 0 bridgehead atoms. The number of carbonyl (C=O) groups is 2. The van der Waals surface area contributed by atoms with E-state index in [0.29, 0.717) is 43.0 Å². The number of aryl methyl sites for hydroxylation is 1. The Kier molecular flexibility index (Phi) is 5.12. The first-order chi connectivity index (χ1) is 15.0. The molecule has 2 aromatic rings. The quantitative estimate of drug-likeness (QED) is 0.827. The van der Waals surface area contributed by atoms with Gasteiger partial charge in [0.25, 0.3) is 11.5 Å². The number of likely N-dealkylation sites (tertiary alicyclic amines) is 1. The van der Waals surface area contributed by atoms with Crippen molar-refractivity contribution in [1.82, 2.24) is 19.8 Å². The number of piperidine rings is 1. The van der Waals surface area contributed by atoms with Gasteiger partial charge in [-0.25, -0.2) is 4.98 Å². The van der Waals surface area contributed by atoms with Gasteiger partial charge in [0, 0.05) is 31.0 Å². The van der Waals surface area contributed by atoms with Crippen LogP contribution in [0.15, 0.2) is 29.1 Å². The normalized spacial score (nSPS) is 21.0. The van der Waals surface area contributed by atoms with Crippen LogP contribution < -0.4 is 5.56 Å². The van der Waals surface area contributed by atoms with E-state index >= 15 is 0 Å². The van der Waals surface area contributed by atoms with Crippen LogP contribution in [-0.4, -0.2) is 44.7 Å².